The van der Waals surface area contributed by atoms with E-state index in [1.165, 1.54) is 7.11 Å². The van der Waals surface area contributed by atoms with Crippen molar-refractivity contribution in [1.82, 2.24) is 0 Å². The minimum Gasteiger partial charge on any atom is -0.468 e. The number of benzene rings is 2. The Bertz CT molecular complexity index is 1020. The van der Waals surface area contributed by atoms with Gasteiger partial charge < -0.3 is 28.4 Å². The molecule has 3 aliphatic rings. The van der Waals surface area contributed by atoms with Crippen LogP contribution in [0, 0.1) is 0 Å². The van der Waals surface area contributed by atoms with E-state index >= 15 is 0 Å². The van der Waals surface area contributed by atoms with Gasteiger partial charge in [-0.25, -0.2) is 0 Å². The summed E-state index contributed by atoms with van der Waals surface area (Å²) in [6, 6.07) is 14.0. The Balaban J connectivity index is 1.52. The molecule has 0 aromatic heterocycles. The molecule has 172 valence electrons. The molecule has 32 heavy (non-hydrogen) atoms. The maximum atomic E-state index is 13.1. The fourth-order valence-corrected chi connectivity index (χ4v) is 5.09. The third-order valence-electron chi connectivity index (χ3n) is 6.44. The molecule has 2 aromatic rings. The molecule has 7 heteroatoms. The molecule has 3 fully saturated rings. The van der Waals surface area contributed by atoms with Gasteiger partial charge in [0.25, 0.3) is 0 Å². The van der Waals surface area contributed by atoms with Gasteiger partial charge in [-0.05, 0) is 44.0 Å². The number of esters is 1. The lowest BCUT2D eigenvalue weighted by molar-refractivity contribution is -0.210. The minimum atomic E-state index is -0.797. The van der Waals surface area contributed by atoms with Gasteiger partial charge in [0.2, 0.25) is 0 Å². The van der Waals surface area contributed by atoms with Crippen LogP contribution in [0.5, 0.6) is 0 Å². The number of carbonyl (C=O) groups is 1. The molecule has 0 amide bonds. The lowest BCUT2D eigenvalue weighted by Gasteiger charge is -2.29. The Morgan fingerprint density at radius 1 is 0.938 bits per heavy atom. The lowest BCUT2D eigenvalue weighted by atomic mass is 9.88. The van der Waals surface area contributed by atoms with E-state index in [2.05, 4.69) is 0 Å². The highest BCUT2D eigenvalue weighted by Crippen LogP contribution is 2.46. The molecule has 0 saturated carbocycles. The Hall–Kier alpha value is -2.03. The van der Waals surface area contributed by atoms with Crippen LogP contribution in [-0.2, 0) is 33.2 Å². The smallest absolute Gasteiger partial charge is 0.315 e. The van der Waals surface area contributed by atoms with Crippen molar-refractivity contribution in [3.63, 3.8) is 0 Å². The van der Waals surface area contributed by atoms with Gasteiger partial charge in [0, 0.05) is 0 Å². The molecule has 3 heterocycles. The quantitative estimate of drug-likeness (QED) is 0.671. The summed E-state index contributed by atoms with van der Waals surface area (Å²) in [4.78, 5) is 13.1. The zero-order valence-electron chi connectivity index (χ0n) is 19.1. The topological polar surface area (TPSA) is 72.5 Å². The zero-order valence-corrected chi connectivity index (χ0v) is 19.1. The second-order valence-electron chi connectivity index (χ2n) is 9.60. The second-order valence-corrected chi connectivity index (χ2v) is 9.60. The van der Waals surface area contributed by atoms with Crippen LogP contribution in [0.2, 0.25) is 0 Å². The normalized spacial score (nSPS) is 33.8. The van der Waals surface area contributed by atoms with Crippen molar-refractivity contribution in [3.05, 3.63) is 48.0 Å². The Kier molecular flexibility index (Phi) is 5.30. The molecule has 5 rings (SSSR count). The highest BCUT2D eigenvalue weighted by Gasteiger charge is 2.61. The largest absolute Gasteiger partial charge is 0.468 e. The highest BCUT2D eigenvalue weighted by atomic mass is 16.8. The first-order chi connectivity index (χ1) is 15.2. The van der Waals surface area contributed by atoms with Crippen molar-refractivity contribution >= 4 is 16.7 Å². The highest BCUT2D eigenvalue weighted by molar-refractivity contribution is 5.86. The molecule has 0 spiro atoms. The monoisotopic (exact) mass is 442 g/mol. The van der Waals surface area contributed by atoms with Crippen LogP contribution in [0.3, 0.4) is 0 Å². The fourth-order valence-electron chi connectivity index (χ4n) is 5.09. The summed E-state index contributed by atoms with van der Waals surface area (Å²) in [6.07, 6.45) is -2.17. The van der Waals surface area contributed by atoms with E-state index in [-0.39, 0.29) is 18.2 Å². The first-order valence-electron chi connectivity index (χ1n) is 11.1. The summed E-state index contributed by atoms with van der Waals surface area (Å²) in [6.45, 7) is 7.88. The molecule has 6 atom stereocenters. The number of hydrogen-bond donors (Lipinski definition) is 0. The van der Waals surface area contributed by atoms with Crippen LogP contribution >= 0.6 is 0 Å². The lowest BCUT2D eigenvalue weighted by Crippen LogP contribution is -2.40. The maximum Gasteiger partial charge on any atom is 0.315 e. The van der Waals surface area contributed by atoms with Crippen LogP contribution in [0.4, 0.5) is 0 Å². The molecule has 2 aromatic carbocycles. The van der Waals surface area contributed by atoms with Gasteiger partial charge in [-0.1, -0.05) is 42.5 Å². The summed E-state index contributed by atoms with van der Waals surface area (Å²) >= 11 is 0. The average molecular weight is 443 g/mol. The fraction of sp³-hybridized carbons (Fsp3) is 0.560. The Morgan fingerprint density at radius 2 is 1.66 bits per heavy atom. The van der Waals surface area contributed by atoms with Gasteiger partial charge in [0.1, 0.15) is 36.4 Å². The minimum absolute atomic E-state index is 0.324. The van der Waals surface area contributed by atoms with Gasteiger partial charge in [-0.2, -0.15) is 0 Å². The number of rotatable bonds is 4. The molecule has 3 saturated heterocycles. The third-order valence-corrected chi connectivity index (χ3v) is 6.44. The molecular weight excluding hydrogens is 412 g/mol. The summed E-state index contributed by atoms with van der Waals surface area (Å²) in [5, 5.41) is 2.14. The number of ether oxygens (including phenoxy) is 6. The Labute approximate surface area is 187 Å². The number of hydrogen-bond acceptors (Lipinski definition) is 7. The second kappa shape index (κ2) is 7.78. The number of fused-ring (bicyclic) bond motifs is 2. The van der Waals surface area contributed by atoms with Crippen molar-refractivity contribution < 1.29 is 33.2 Å². The molecule has 3 aliphatic heterocycles. The molecular formula is C25H30O7. The van der Waals surface area contributed by atoms with Gasteiger partial charge in [-0.3, -0.25) is 4.79 Å². The van der Waals surface area contributed by atoms with Crippen LogP contribution in [0.25, 0.3) is 10.8 Å². The van der Waals surface area contributed by atoms with Crippen molar-refractivity contribution in [2.75, 3.05) is 13.7 Å². The molecule has 0 bridgehead atoms. The standard InChI is InChI=1S/C25H30O7/c1-24(2)28-13-17(30-24)19-21-22(32-25(3,4)31-21)20(29-19)18(23(26)27-5)16-11-10-14-8-6-7-9-15(14)12-16/h6-12,17-22H,13H2,1-5H3/t17-,18?,19+,20-,21-,22+/m1/s1. The molecule has 1 unspecified atom stereocenters. The molecule has 7 nitrogen and oxygen atoms in total. The van der Waals surface area contributed by atoms with E-state index in [4.69, 9.17) is 28.4 Å². The summed E-state index contributed by atoms with van der Waals surface area (Å²) in [5.41, 5.74) is 0.817. The average Bonchev–Trinajstić information content (AvgIpc) is 3.38. The van der Waals surface area contributed by atoms with Gasteiger partial charge in [-0.15, -0.1) is 0 Å². The number of methoxy groups -OCH3 is 1. The Morgan fingerprint density at radius 3 is 2.34 bits per heavy atom. The predicted molar refractivity (Wildman–Crippen MR) is 116 cm³/mol. The van der Waals surface area contributed by atoms with Crippen LogP contribution in [-0.4, -0.2) is 61.8 Å². The van der Waals surface area contributed by atoms with E-state index in [0.717, 1.165) is 16.3 Å². The first kappa shape index (κ1) is 21.8. The molecule has 0 radical (unpaired) electrons. The van der Waals surface area contributed by atoms with Crippen molar-refractivity contribution in [3.8, 4) is 0 Å². The molecule has 0 aliphatic carbocycles. The van der Waals surface area contributed by atoms with Crippen LogP contribution in [0.1, 0.15) is 39.2 Å². The number of carbonyl (C=O) groups excluding carboxylic acids is 1. The van der Waals surface area contributed by atoms with E-state index in [1.807, 2.05) is 70.2 Å². The van der Waals surface area contributed by atoms with Crippen molar-refractivity contribution in [2.24, 2.45) is 0 Å². The maximum absolute atomic E-state index is 13.1. The van der Waals surface area contributed by atoms with Gasteiger partial charge in [0.15, 0.2) is 11.6 Å². The SMILES string of the molecule is COC(=O)C(c1ccc2ccccc2c1)[C@H]1O[C@@H]([C@H]2COC(C)(C)O2)[C@H]2OC(C)(C)O[C@H]21. The van der Waals surface area contributed by atoms with E-state index in [1.54, 1.807) is 0 Å². The van der Waals surface area contributed by atoms with Crippen molar-refractivity contribution in [2.45, 2.75) is 75.7 Å². The molecule has 0 N–H and O–H groups in total. The van der Waals surface area contributed by atoms with Crippen LogP contribution in [0.15, 0.2) is 42.5 Å². The van der Waals surface area contributed by atoms with Gasteiger partial charge >= 0.3 is 5.97 Å². The zero-order chi connectivity index (χ0) is 22.7. The summed E-state index contributed by atoms with van der Waals surface area (Å²) in [7, 11) is 1.40. The van der Waals surface area contributed by atoms with E-state index < -0.39 is 35.8 Å². The first-order valence-corrected chi connectivity index (χ1v) is 11.1. The third kappa shape index (κ3) is 3.82. The van der Waals surface area contributed by atoms with Crippen LogP contribution < -0.4 is 0 Å². The van der Waals surface area contributed by atoms with E-state index in [9.17, 15) is 4.79 Å². The van der Waals surface area contributed by atoms with Crippen molar-refractivity contribution in [1.29, 1.82) is 0 Å². The van der Waals surface area contributed by atoms with E-state index in [0.29, 0.717) is 6.61 Å². The van der Waals surface area contributed by atoms with Gasteiger partial charge in [0.05, 0.1) is 13.7 Å². The summed E-state index contributed by atoms with van der Waals surface area (Å²) < 4.78 is 36.1. The predicted octanol–water partition coefficient (Wildman–Crippen LogP) is 3.54. The summed E-state index contributed by atoms with van der Waals surface area (Å²) in [5.74, 6) is -2.54.